The van der Waals surface area contributed by atoms with Gasteiger partial charge in [0.15, 0.2) is 0 Å². The minimum absolute atomic E-state index is 0.374. The highest BCUT2D eigenvalue weighted by Crippen LogP contribution is 2.23. The number of halogens is 1. The molecule has 0 aromatic heterocycles. The second-order valence-corrected chi connectivity index (χ2v) is 4.20. The van der Waals surface area contributed by atoms with Gasteiger partial charge >= 0.3 is 0 Å². The summed E-state index contributed by atoms with van der Waals surface area (Å²) in [6.07, 6.45) is 7.20. The highest BCUT2D eigenvalue weighted by Gasteiger charge is 2.00. The van der Waals surface area contributed by atoms with Crippen LogP contribution in [0, 0.1) is 12.5 Å². The van der Waals surface area contributed by atoms with Gasteiger partial charge in [-0.1, -0.05) is 30.7 Å². The molecular formula is C16H13ClO2. The Balaban J connectivity index is 2.07. The van der Waals surface area contributed by atoms with Crippen LogP contribution < -0.4 is 4.74 Å². The number of ether oxygens (including phenoxy) is 2. The first-order valence-corrected chi connectivity index (χ1v) is 6.34. The van der Waals surface area contributed by atoms with E-state index >= 15 is 0 Å². The number of benzene rings is 2. The van der Waals surface area contributed by atoms with E-state index in [0.29, 0.717) is 12.5 Å². The maximum absolute atomic E-state index is 5.75. The summed E-state index contributed by atoms with van der Waals surface area (Å²) in [6.45, 7) is 0.374. The maximum atomic E-state index is 5.75. The molecule has 0 aliphatic rings. The van der Waals surface area contributed by atoms with E-state index in [1.54, 1.807) is 0 Å². The third-order valence-corrected chi connectivity index (χ3v) is 2.84. The highest BCUT2D eigenvalue weighted by atomic mass is 35.5. The second-order valence-electron chi connectivity index (χ2n) is 3.93. The summed E-state index contributed by atoms with van der Waals surface area (Å²) in [5, 5.41) is 0. The molecule has 2 rings (SSSR count). The fourth-order valence-corrected chi connectivity index (χ4v) is 1.78. The molecule has 3 heteroatoms. The van der Waals surface area contributed by atoms with E-state index in [1.807, 2.05) is 48.5 Å². The number of hydrogen-bond donors (Lipinski definition) is 0. The zero-order chi connectivity index (χ0) is 13.5. The first kappa shape index (κ1) is 13.3. The molecule has 2 aromatic rings. The van der Waals surface area contributed by atoms with Gasteiger partial charge in [0.05, 0.1) is 0 Å². The molecule has 0 aliphatic carbocycles. The van der Waals surface area contributed by atoms with Crippen LogP contribution in [0.4, 0.5) is 0 Å². The van der Waals surface area contributed by atoms with E-state index < -0.39 is 0 Å². The number of rotatable bonds is 5. The predicted octanol–water partition coefficient (Wildman–Crippen LogP) is 4.33. The first-order valence-electron chi connectivity index (χ1n) is 5.81. The van der Waals surface area contributed by atoms with Crippen LogP contribution in [0.1, 0.15) is 11.1 Å². The monoisotopic (exact) mass is 272 g/mol. The van der Waals surface area contributed by atoms with Crippen molar-refractivity contribution in [2.75, 3.05) is 0 Å². The molecule has 96 valence electrons. The average molecular weight is 273 g/mol. The lowest BCUT2D eigenvalue weighted by atomic mass is 10.2. The molecule has 0 fully saturated rings. The molecule has 0 aliphatic heterocycles. The Morgan fingerprint density at radius 2 is 1.79 bits per heavy atom. The topological polar surface area (TPSA) is 18.5 Å². The van der Waals surface area contributed by atoms with Crippen molar-refractivity contribution in [2.24, 2.45) is 0 Å². The van der Waals surface area contributed by atoms with Crippen molar-refractivity contribution in [2.45, 2.75) is 12.5 Å². The summed E-state index contributed by atoms with van der Waals surface area (Å²) in [4.78, 5) is 0. The maximum Gasteiger partial charge on any atom is 0.127 e. The SMILES string of the molecule is C#COCc1cccc(Oc2ccc(CCl)cc2)c1. The van der Waals surface area contributed by atoms with E-state index in [4.69, 9.17) is 27.5 Å². The van der Waals surface area contributed by atoms with Crippen molar-refractivity contribution < 1.29 is 9.47 Å². The zero-order valence-corrected chi connectivity index (χ0v) is 11.1. The van der Waals surface area contributed by atoms with Gasteiger partial charge in [0, 0.05) is 5.88 Å². The van der Waals surface area contributed by atoms with Gasteiger partial charge in [-0.3, -0.25) is 0 Å². The van der Waals surface area contributed by atoms with Crippen molar-refractivity contribution in [3.05, 3.63) is 59.7 Å². The molecule has 19 heavy (non-hydrogen) atoms. The fourth-order valence-electron chi connectivity index (χ4n) is 1.61. The summed E-state index contributed by atoms with van der Waals surface area (Å²) in [5.74, 6) is 2.01. The van der Waals surface area contributed by atoms with E-state index in [0.717, 1.165) is 22.6 Å². The molecule has 0 radical (unpaired) electrons. The molecule has 0 N–H and O–H groups in total. The minimum atomic E-state index is 0.374. The summed E-state index contributed by atoms with van der Waals surface area (Å²) in [6, 6.07) is 15.3. The van der Waals surface area contributed by atoms with Crippen LogP contribution in [0.3, 0.4) is 0 Å². The minimum Gasteiger partial charge on any atom is -0.457 e. The average Bonchev–Trinajstić information content (AvgIpc) is 2.46. The van der Waals surface area contributed by atoms with Crippen LogP contribution in [-0.2, 0) is 17.2 Å². The molecule has 2 aromatic carbocycles. The van der Waals surface area contributed by atoms with Gasteiger partial charge in [-0.05, 0) is 35.4 Å². The molecule has 0 spiro atoms. The van der Waals surface area contributed by atoms with Crippen molar-refractivity contribution in [3.63, 3.8) is 0 Å². The van der Waals surface area contributed by atoms with Crippen LogP contribution in [0.5, 0.6) is 11.5 Å². The van der Waals surface area contributed by atoms with Crippen LogP contribution >= 0.6 is 11.6 Å². The lowest BCUT2D eigenvalue weighted by Gasteiger charge is -2.07. The Bertz CT molecular complexity index is 570. The molecule has 0 saturated carbocycles. The van der Waals surface area contributed by atoms with Gasteiger partial charge in [0.1, 0.15) is 24.2 Å². The summed E-state index contributed by atoms with van der Waals surface area (Å²) in [5.41, 5.74) is 2.03. The third-order valence-electron chi connectivity index (χ3n) is 2.53. The molecule has 0 amide bonds. The fraction of sp³-hybridized carbons (Fsp3) is 0.125. The van der Waals surface area contributed by atoms with Gasteiger partial charge in [-0.25, -0.2) is 0 Å². The highest BCUT2D eigenvalue weighted by molar-refractivity contribution is 6.17. The molecule has 0 unspecified atom stereocenters. The molecule has 2 nitrogen and oxygen atoms in total. The third kappa shape index (κ3) is 3.94. The number of hydrogen-bond acceptors (Lipinski definition) is 2. The van der Waals surface area contributed by atoms with Gasteiger partial charge in [0.25, 0.3) is 0 Å². The Labute approximate surface area is 117 Å². The molecule has 0 bridgehead atoms. The smallest absolute Gasteiger partial charge is 0.127 e. The van der Waals surface area contributed by atoms with Crippen LogP contribution in [0.25, 0.3) is 0 Å². The van der Waals surface area contributed by atoms with Gasteiger partial charge < -0.3 is 9.47 Å². The van der Waals surface area contributed by atoms with E-state index in [9.17, 15) is 0 Å². The zero-order valence-electron chi connectivity index (χ0n) is 10.3. The Hall–Kier alpha value is -2.11. The van der Waals surface area contributed by atoms with Crippen molar-refractivity contribution in [3.8, 4) is 24.0 Å². The Morgan fingerprint density at radius 3 is 2.47 bits per heavy atom. The largest absolute Gasteiger partial charge is 0.457 e. The quantitative estimate of drug-likeness (QED) is 0.596. The molecule has 0 atom stereocenters. The summed E-state index contributed by atoms with van der Waals surface area (Å²) >= 11 is 5.74. The predicted molar refractivity (Wildman–Crippen MR) is 76.1 cm³/mol. The lowest BCUT2D eigenvalue weighted by Crippen LogP contribution is -1.89. The Kier molecular flexibility index (Phi) is 4.72. The Morgan fingerprint density at radius 1 is 1.00 bits per heavy atom. The van der Waals surface area contributed by atoms with Crippen molar-refractivity contribution in [1.82, 2.24) is 0 Å². The number of terminal acetylenes is 1. The van der Waals surface area contributed by atoms with Crippen LogP contribution in [0.15, 0.2) is 48.5 Å². The van der Waals surface area contributed by atoms with E-state index in [1.165, 1.54) is 0 Å². The molecule has 0 heterocycles. The first-order chi connectivity index (χ1) is 9.31. The molecule has 0 saturated heterocycles. The van der Waals surface area contributed by atoms with Crippen LogP contribution in [-0.4, -0.2) is 0 Å². The van der Waals surface area contributed by atoms with E-state index in [-0.39, 0.29) is 0 Å². The normalized spacial score (nSPS) is 9.68. The standard InChI is InChI=1S/C16H13ClO2/c1-2-18-12-14-4-3-5-16(10-14)19-15-8-6-13(11-17)7-9-15/h1,3-10H,11-12H2. The van der Waals surface area contributed by atoms with Gasteiger partial charge in [-0.2, -0.15) is 0 Å². The van der Waals surface area contributed by atoms with Crippen LogP contribution in [0.2, 0.25) is 0 Å². The van der Waals surface area contributed by atoms with Crippen molar-refractivity contribution >= 4 is 11.6 Å². The summed E-state index contributed by atoms with van der Waals surface area (Å²) < 4.78 is 10.7. The second kappa shape index (κ2) is 6.72. The lowest BCUT2D eigenvalue weighted by molar-refractivity contribution is 0.265. The van der Waals surface area contributed by atoms with Gasteiger partial charge in [0.2, 0.25) is 0 Å². The summed E-state index contributed by atoms with van der Waals surface area (Å²) in [7, 11) is 0. The van der Waals surface area contributed by atoms with Crippen molar-refractivity contribution in [1.29, 1.82) is 0 Å². The van der Waals surface area contributed by atoms with Gasteiger partial charge in [-0.15, -0.1) is 11.6 Å². The number of alkyl halides is 1. The molecular weight excluding hydrogens is 260 g/mol. The van der Waals surface area contributed by atoms with E-state index in [2.05, 4.69) is 6.11 Å².